The number of aliphatic hydroxyl groups is 1. The Labute approximate surface area is 131 Å². The topological polar surface area (TPSA) is 20.2 Å². The zero-order valence-corrected chi connectivity index (χ0v) is 14.7. The molecule has 3 aliphatic rings. The van der Waals surface area contributed by atoms with Crippen molar-refractivity contribution in [2.24, 2.45) is 34.0 Å². The van der Waals surface area contributed by atoms with Crippen molar-refractivity contribution >= 4 is 0 Å². The molecular weight excluding hydrogens is 256 g/mol. The van der Waals surface area contributed by atoms with E-state index in [0.29, 0.717) is 28.8 Å². The maximum atomic E-state index is 10.0. The number of aliphatic hydroxyl groups excluding tert-OH is 1. The first-order chi connectivity index (χ1) is 9.75. The molecule has 5 atom stereocenters. The average molecular weight is 290 g/mol. The summed E-state index contributed by atoms with van der Waals surface area (Å²) in [6.07, 6.45) is 10.5. The van der Waals surface area contributed by atoms with Gasteiger partial charge in [0.2, 0.25) is 0 Å². The van der Waals surface area contributed by atoms with E-state index >= 15 is 0 Å². The van der Waals surface area contributed by atoms with Crippen molar-refractivity contribution in [2.75, 3.05) is 6.61 Å². The van der Waals surface area contributed by atoms with Gasteiger partial charge in [-0.25, -0.2) is 0 Å². The second-order valence-electron chi connectivity index (χ2n) is 9.42. The standard InChI is InChI=1S/C20H34O/c1-14-7-8-17-19(4,15(14)13-21)12-9-16-18(2,3)10-6-11-20(16,17)5/h7,15-17,21H,6,8-13H2,1-5H3/t15-,16+,17+,19+,20+/m0/s1. The molecule has 0 aromatic rings. The van der Waals surface area contributed by atoms with Gasteiger partial charge in [-0.2, -0.15) is 0 Å². The molecule has 0 aromatic carbocycles. The molecule has 3 rings (SSSR count). The van der Waals surface area contributed by atoms with Crippen LogP contribution in [0.1, 0.15) is 73.1 Å². The molecule has 0 unspecified atom stereocenters. The molecule has 1 N–H and O–H groups in total. The van der Waals surface area contributed by atoms with Crippen molar-refractivity contribution in [1.82, 2.24) is 0 Å². The van der Waals surface area contributed by atoms with E-state index in [4.69, 9.17) is 0 Å². The Morgan fingerprint density at radius 3 is 2.43 bits per heavy atom. The Kier molecular flexibility index (Phi) is 3.60. The van der Waals surface area contributed by atoms with Crippen LogP contribution < -0.4 is 0 Å². The fraction of sp³-hybridized carbons (Fsp3) is 0.900. The quantitative estimate of drug-likeness (QED) is 0.659. The van der Waals surface area contributed by atoms with Crippen LogP contribution in [0.25, 0.3) is 0 Å². The van der Waals surface area contributed by atoms with Gasteiger partial charge in [-0.1, -0.05) is 45.8 Å². The smallest absolute Gasteiger partial charge is 0.0501 e. The van der Waals surface area contributed by atoms with E-state index in [1.807, 2.05) is 0 Å². The summed E-state index contributed by atoms with van der Waals surface area (Å²) in [4.78, 5) is 0. The Bertz CT molecular complexity index is 449. The third-order valence-electron chi connectivity index (χ3n) is 8.04. The summed E-state index contributed by atoms with van der Waals surface area (Å²) >= 11 is 0. The number of fused-ring (bicyclic) bond motifs is 3. The predicted molar refractivity (Wildman–Crippen MR) is 89.0 cm³/mol. The molecule has 0 aliphatic heterocycles. The molecule has 0 heterocycles. The lowest BCUT2D eigenvalue weighted by Crippen LogP contribution is -2.58. The lowest BCUT2D eigenvalue weighted by molar-refractivity contribution is -0.149. The lowest BCUT2D eigenvalue weighted by atomic mass is 9.40. The Hall–Kier alpha value is -0.300. The fourth-order valence-corrected chi connectivity index (χ4v) is 6.96. The van der Waals surface area contributed by atoms with Crippen LogP contribution in [0.5, 0.6) is 0 Å². The SMILES string of the molecule is CC1=CC[C@H]2[C@]3(C)CCCC(C)(C)[C@H]3CC[C@]2(C)[C@H]1CO. The minimum atomic E-state index is 0.312. The maximum absolute atomic E-state index is 10.0. The fourth-order valence-electron chi connectivity index (χ4n) is 6.96. The van der Waals surface area contributed by atoms with Gasteiger partial charge in [0.25, 0.3) is 0 Å². The normalized spacial score (nSPS) is 49.0. The zero-order valence-electron chi connectivity index (χ0n) is 14.7. The molecule has 2 fully saturated rings. The molecule has 2 saturated carbocycles. The molecule has 1 nitrogen and oxygen atoms in total. The maximum Gasteiger partial charge on any atom is 0.0501 e. The van der Waals surface area contributed by atoms with Crippen molar-refractivity contribution in [3.05, 3.63) is 11.6 Å². The summed E-state index contributed by atoms with van der Waals surface area (Å²) in [6, 6.07) is 0. The molecule has 0 aromatic heterocycles. The van der Waals surface area contributed by atoms with Crippen molar-refractivity contribution in [2.45, 2.75) is 73.1 Å². The van der Waals surface area contributed by atoms with Gasteiger partial charge in [0.05, 0.1) is 6.61 Å². The van der Waals surface area contributed by atoms with E-state index in [-0.39, 0.29) is 0 Å². The summed E-state index contributed by atoms with van der Waals surface area (Å²) < 4.78 is 0. The highest BCUT2D eigenvalue weighted by molar-refractivity contribution is 5.20. The van der Waals surface area contributed by atoms with Crippen molar-refractivity contribution in [3.8, 4) is 0 Å². The van der Waals surface area contributed by atoms with Gasteiger partial charge in [-0.15, -0.1) is 0 Å². The van der Waals surface area contributed by atoms with Crippen LogP contribution in [0.4, 0.5) is 0 Å². The molecular formula is C20H34O. The van der Waals surface area contributed by atoms with Crippen LogP contribution in [0.3, 0.4) is 0 Å². The van der Waals surface area contributed by atoms with Gasteiger partial charge in [0.1, 0.15) is 0 Å². The van der Waals surface area contributed by atoms with E-state index in [9.17, 15) is 5.11 Å². The molecule has 0 radical (unpaired) electrons. The van der Waals surface area contributed by atoms with Crippen molar-refractivity contribution in [3.63, 3.8) is 0 Å². The number of allylic oxidation sites excluding steroid dienone is 1. The second kappa shape index (κ2) is 4.85. The van der Waals surface area contributed by atoms with Gasteiger partial charge < -0.3 is 5.11 Å². The average Bonchev–Trinajstić information content (AvgIpc) is 2.36. The zero-order chi connectivity index (χ0) is 15.5. The van der Waals surface area contributed by atoms with Crippen LogP contribution in [-0.4, -0.2) is 11.7 Å². The van der Waals surface area contributed by atoms with Crippen LogP contribution in [0.2, 0.25) is 0 Å². The first kappa shape index (κ1) is 15.6. The van der Waals surface area contributed by atoms with Crippen LogP contribution in [0, 0.1) is 34.0 Å². The van der Waals surface area contributed by atoms with E-state index in [1.165, 1.54) is 44.1 Å². The summed E-state index contributed by atoms with van der Waals surface area (Å²) in [7, 11) is 0. The number of rotatable bonds is 1. The molecule has 3 aliphatic carbocycles. The summed E-state index contributed by atoms with van der Waals surface area (Å²) in [5, 5.41) is 10.0. The second-order valence-corrected chi connectivity index (χ2v) is 9.42. The third-order valence-corrected chi connectivity index (χ3v) is 8.04. The van der Waals surface area contributed by atoms with Crippen LogP contribution in [0.15, 0.2) is 11.6 Å². The highest BCUT2D eigenvalue weighted by atomic mass is 16.3. The molecule has 0 bridgehead atoms. The van der Waals surface area contributed by atoms with E-state index in [1.54, 1.807) is 0 Å². The predicted octanol–water partition coefficient (Wildman–Crippen LogP) is 5.19. The van der Waals surface area contributed by atoms with Gasteiger partial charge in [0, 0.05) is 5.92 Å². The largest absolute Gasteiger partial charge is 0.396 e. The Balaban J connectivity index is 2.03. The van der Waals surface area contributed by atoms with Gasteiger partial charge >= 0.3 is 0 Å². The van der Waals surface area contributed by atoms with Crippen LogP contribution in [-0.2, 0) is 0 Å². The molecule has 0 spiro atoms. The number of hydrogen-bond acceptors (Lipinski definition) is 1. The molecule has 0 saturated heterocycles. The Morgan fingerprint density at radius 2 is 1.76 bits per heavy atom. The van der Waals surface area contributed by atoms with E-state index in [0.717, 1.165) is 11.8 Å². The van der Waals surface area contributed by atoms with Crippen molar-refractivity contribution < 1.29 is 5.11 Å². The lowest BCUT2D eigenvalue weighted by Gasteiger charge is -2.65. The summed E-state index contributed by atoms with van der Waals surface area (Å²) in [5.41, 5.74) is 2.72. The monoisotopic (exact) mass is 290 g/mol. The number of hydrogen-bond donors (Lipinski definition) is 1. The summed E-state index contributed by atoms with van der Waals surface area (Å²) in [5.74, 6) is 2.01. The summed E-state index contributed by atoms with van der Waals surface area (Å²) in [6.45, 7) is 12.7. The third kappa shape index (κ3) is 2.06. The molecule has 120 valence electrons. The first-order valence-electron chi connectivity index (χ1n) is 9.03. The van der Waals surface area contributed by atoms with Crippen LogP contribution >= 0.6 is 0 Å². The van der Waals surface area contributed by atoms with Crippen molar-refractivity contribution in [1.29, 1.82) is 0 Å². The van der Waals surface area contributed by atoms with Gasteiger partial charge in [0.15, 0.2) is 0 Å². The highest BCUT2D eigenvalue weighted by Crippen LogP contribution is 2.68. The molecule has 21 heavy (non-hydrogen) atoms. The highest BCUT2D eigenvalue weighted by Gasteiger charge is 2.60. The Morgan fingerprint density at radius 1 is 1.05 bits per heavy atom. The first-order valence-corrected chi connectivity index (χ1v) is 9.03. The van der Waals surface area contributed by atoms with E-state index in [2.05, 4.69) is 40.7 Å². The minimum absolute atomic E-state index is 0.312. The van der Waals surface area contributed by atoms with Gasteiger partial charge in [-0.05, 0) is 67.1 Å². The minimum Gasteiger partial charge on any atom is -0.396 e. The van der Waals surface area contributed by atoms with Gasteiger partial charge in [-0.3, -0.25) is 0 Å². The van der Waals surface area contributed by atoms with E-state index < -0.39 is 0 Å². The molecule has 1 heteroatoms. The molecule has 0 amide bonds.